The maximum Gasteiger partial charge on any atom is 0.319 e. The molecular weight excluding hydrogens is 318 g/mol. The summed E-state index contributed by atoms with van der Waals surface area (Å²) in [6.45, 7) is 5.88. The number of aromatic nitrogens is 2. The number of rotatable bonds is 5. The Morgan fingerprint density at radius 2 is 2.08 bits per heavy atom. The Kier molecular flexibility index (Phi) is 5.38. The van der Waals surface area contributed by atoms with Crippen molar-refractivity contribution in [2.45, 2.75) is 39.7 Å². The molecule has 1 aromatic carbocycles. The van der Waals surface area contributed by atoms with Crippen LogP contribution in [0.15, 0.2) is 18.2 Å². The molecule has 0 saturated heterocycles. The van der Waals surface area contributed by atoms with Crippen LogP contribution in [0.3, 0.4) is 0 Å². The zero-order chi connectivity index (χ0) is 17.9. The summed E-state index contributed by atoms with van der Waals surface area (Å²) in [6.07, 6.45) is -2.06. The number of aromatic amines is 1. The first-order chi connectivity index (χ1) is 11.2. The number of carbonyl (C=O) groups is 1. The van der Waals surface area contributed by atoms with Crippen molar-refractivity contribution in [3.63, 3.8) is 0 Å². The summed E-state index contributed by atoms with van der Waals surface area (Å²) in [7, 11) is 0. The molecule has 1 heterocycles. The number of H-pyrrole nitrogens is 1. The summed E-state index contributed by atoms with van der Waals surface area (Å²) in [6, 6.07) is 3.82. The van der Waals surface area contributed by atoms with Gasteiger partial charge in [0.05, 0.1) is 23.7 Å². The van der Waals surface area contributed by atoms with Crippen molar-refractivity contribution in [2.24, 2.45) is 5.41 Å². The van der Waals surface area contributed by atoms with E-state index in [0.29, 0.717) is 23.1 Å². The molecule has 6 nitrogen and oxygen atoms in total. The number of benzene rings is 1. The number of nitrogens with zero attached hydrogens (tertiary/aromatic N) is 1. The Bertz CT molecular complexity index is 710. The van der Waals surface area contributed by atoms with Crippen LogP contribution in [-0.2, 0) is 0 Å². The first-order valence-electron chi connectivity index (χ1n) is 7.64. The van der Waals surface area contributed by atoms with Gasteiger partial charge in [0.1, 0.15) is 0 Å². The molecular formula is C16H22F2N4O2. The van der Waals surface area contributed by atoms with Crippen LogP contribution in [-0.4, -0.2) is 33.8 Å². The lowest BCUT2D eigenvalue weighted by molar-refractivity contribution is 0.142. The molecule has 0 bridgehead atoms. The number of carbonyl (C=O) groups excluding carboxylic acids is 1. The monoisotopic (exact) mass is 340 g/mol. The van der Waals surface area contributed by atoms with Gasteiger partial charge in [-0.3, -0.25) is 0 Å². The van der Waals surface area contributed by atoms with Crippen LogP contribution >= 0.6 is 0 Å². The predicted octanol–water partition coefficient (Wildman–Crippen LogP) is 3.42. The lowest BCUT2D eigenvalue weighted by Crippen LogP contribution is -2.42. The summed E-state index contributed by atoms with van der Waals surface area (Å²) in [5.74, 6) is -0.405. The fraction of sp³-hybridized carbons (Fsp3) is 0.500. The second-order valence-electron chi connectivity index (χ2n) is 6.90. The molecule has 0 aliphatic heterocycles. The van der Waals surface area contributed by atoms with Crippen LogP contribution in [0.4, 0.5) is 19.3 Å². The molecule has 0 radical (unpaired) electrons. The van der Waals surface area contributed by atoms with Crippen LogP contribution in [0.5, 0.6) is 0 Å². The molecule has 1 unspecified atom stereocenters. The zero-order valence-corrected chi connectivity index (χ0v) is 13.9. The van der Waals surface area contributed by atoms with E-state index in [1.165, 1.54) is 6.07 Å². The van der Waals surface area contributed by atoms with Crippen molar-refractivity contribution in [3.05, 3.63) is 24.0 Å². The Morgan fingerprint density at radius 1 is 1.38 bits per heavy atom. The number of hydrogen-bond acceptors (Lipinski definition) is 3. The number of imidazole rings is 1. The second-order valence-corrected chi connectivity index (χ2v) is 6.90. The van der Waals surface area contributed by atoms with Gasteiger partial charge in [-0.1, -0.05) is 20.8 Å². The standard InChI is InChI=1S/C16H22F2N4O2/c1-16(2,3)7-10(8-23)20-15(24)19-9-4-5-11-12(6-9)22-14(21-11)13(17)18/h4-6,10,13,23H,7-8H2,1-3H3,(H,21,22)(H2,19,20,24). The van der Waals surface area contributed by atoms with E-state index in [1.54, 1.807) is 12.1 Å². The average Bonchev–Trinajstić information content (AvgIpc) is 2.88. The Balaban J connectivity index is 2.04. The Morgan fingerprint density at radius 3 is 2.67 bits per heavy atom. The van der Waals surface area contributed by atoms with Gasteiger partial charge >= 0.3 is 6.03 Å². The highest BCUT2D eigenvalue weighted by molar-refractivity contribution is 5.92. The highest BCUT2D eigenvalue weighted by atomic mass is 19.3. The van der Waals surface area contributed by atoms with Gasteiger partial charge in [-0.2, -0.15) is 0 Å². The number of nitrogens with one attached hydrogen (secondary N) is 3. The van der Waals surface area contributed by atoms with E-state index in [-0.39, 0.29) is 18.1 Å². The van der Waals surface area contributed by atoms with Crippen molar-refractivity contribution in [1.82, 2.24) is 15.3 Å². The van der Waals surface area contributed by atoms with Crippen molar-refractivity contribution in [2.75, 3.05) is 11.9 Å². The molecule has 1 aromatic heterocycles. The molecule has 2 amide bonds. The number of aliphatic hydroxyl groups is 1. The summed E-state index contributed by atoms with van der Waals surface area (Å²) in [4.78, 5) is 18.3. The van der Waals surface area contributed by atoms with Crippen molar-refractivity contribution >= 4 is 22.8 Å². The fourth-order valence-electron chi connectivity index (χ4n) is 2.46. The van der Waals surface area contributed by atoms with Gasteiger partial charge in [-0.15, -0.1) is 0 Å². The van der Waals surface area contributed by atoms with E-state index in [4.69, 9.17) is 0 Å². The molecule has 0 aliphatic carbocycles. The third-order valence-electron chi connectivity index (χ3n) is 3.38. The zero-order valence-electron chi connectivity index (χ0n) is 13.9. The number of anilines is 1. The average molecular weight is 340 g/mol. The number of fused-ring (bicyclic) bond motifs is 1. The maximum absolute atomic E-state index is 12.6. The van der Waals surface area contributed by atoms with E-state index in [2.05, 4.69) is 20.6 Å². The highest BCUT2D eigenvalue weighted by Crippen LogP contribution is 2.23. The maximum atomic E-state index is 12.6. The van der Waals surface area contributed by atoms with Crippen LogP contribution in [0, 0.1) is 5.41 Å². The van der Waals surface area contributed by atoms with E-state index < -0.39 is 18.3 Å². The number of hydrogen-bond donors (Lipinski definition) is 4. The molecule has 132 valence electrons. The van der Waals surface area contributed by atoms with Crippen molar-refractivity contribution < 1.29 is 18.7 Å². The van der Waals surface area contributed by atoms with Crippen LogP contribution in [0.1, 0.15) is 39.4 Å². The number of aliphatic hydroxyl groups excluding tert-OH is 1. The molecule has 2 aromatic rings. The Labute approximate surface area is 138 Å². The molecule has 24 heavy (non-hydrogen) atoms. The third kappa shape index (κ3) is 4.89. The molecule has 0 saturated carbocycles. The SMILES string of the molecule is CC(C)(C)CC(CO)NC(=O)Nc1ccc2nc(C(F)F)[nH]c2c1. The number of urea groups is 1. The minimum Gasteiger partial charge on any atom is -0.394 e. The van der Waals surface area contributed by atoms with Crippen LogP contribution in [0.25, 0.3) is 11.0 Å². The van der Waals surface area contributed by atoms with Gasteiger partial charge in [0, 0.05) is 5.69 Å². The molecule has 0 aliphatic rings. The molecule has 2 rings (SSSR count). The number of alkyl halides is 2. The smallest absolute Gasteiger partial charge is 0.319 e. The first kappa shape index (κ1) is 18.1. The summed E-state index contributed by atoms with van der Waals surface area (Å²) >= 11 is 0. The van der Waals surface area contributed by atoms with Crippen LogP contribution < -0.4 is 10.6 Å². The third-order valence-corrected chi connectivity index (χ3v) is 3.38. The van der Waals surface area contributed by atoms with Gasteiger partial charge in [-0.05, 0) is 30.0 Å². The molecule has 1 atom stereocenters. The van der Waals surface area contributed by atoms with E-state index >= 15 is 0 Å². The molecule has 8 heteroatoms. The summed E-state index contributed by atoms with van der Waals surface area (Å²) in [5.41, 5.74) is 1.21. The lowest BCUT2D eigenvalue weighted by Gasteiger charge is -2.25. The first-order valence-corrected chi connectivity index (χ1v) is 7.64. The fourth-order valence-corrected chi connectivity index (χ4v) is 2.46. The number of halogens is 2. The summed E-state index contributed by atoms with van der Waals surface area (Å²) < 4.78 is 25.3. The molecule has 0 fully saturated rings. The lowest BCUT2D eigenvalue weighted by atomic mass is 9.88. The van der Waals surface area contributed by atoms with Gasteiger partial charge in [0.2, 0.25) is 0 Å². The minimum absolute atomic E-state index is 0.0405. The second kappa shape index (κ2) is 7.12. The van der Waals surface area contributed by atoms with E-state index in [9.17, 15) is 18.7 Å². The molecule has 4 N–H and O–H groups in total. The van der Waals surface area contributed by atoms with Gasteiger partial charge in [0.25, 0.3) is 6.43 Å². The van der Waals surface area contributed by atoms with Gasteiger partial charge in [-0.25, -0.2) is 18.6 Å². The predicted molar refractivity (Wildman–Crippen MR) is 88.2 cm³/mol. The van der Waals surface area contributed by atoms with E-state index in [1.807, 2.05) is 20.8 Å². The normalized spacial score (nSPS) is 13.3. The van der Waals surface area contributed by atoms with Crippen molar-refractivity contribution in [3.8, 4) is 0 Å². The topological polar surface area (TPSA) is 90.0 Å². The van der Waals surface area contributed by atoms with Crippen molar-refractivity contribution in [1.29, 1.82) is 0 Å². The van der Waals surface area contributed by atoms with E-state index in [0.717, 1.165) is 0 Å². The Hall–Kier alpha value is -2.22. The largest absolute Gasteiger partial charge is 0.394 e. The number of amides is 2. The van der Waals surface area contributed by atoms with Gasteiger partial charge < -0.3 is 20.7 Å². The molecule has 0 spiro atoms. The van der Waals surface area contributed by atoms with Crippen LogP contribution in [0.2, 0.25) is 0 Å². The quantitative estimate of drug-likeness (QED) is 0.672. The highest BCUT2D eigenvalue weighted by Gasteiger charge is 2.20. The van der Waals surface area contributed by atoms with Gasteiger partial charge in [0.15, 0.2) is 5.82 Å². The minimum atomic E-state index is -2.68. The summed E-state index contributed by atoms with van der Waals surface area (Å²) in [5, 5.41) is 14.7.